The van der Waals surface area contributed by atoms with Gasteiger partial charge in [0.1, 0.15) is 11.1 Å². The van der Waals surface area contributed by atoms with E-state index in [9.17, 15) is 14.4 Å². The van der Waals surface area contributed by atoms with E-state index < -0.39 is 35.0 Å². The zero-order valence-corrected chi connectivity index (χ0v) is 23.6. The Morgan fingerprint density at radius 1 is 1.08 bits per heavy atom. The van der Waals surface area contributed by atoms with Gasteiger partial charge < -0.3 is 15.4 Å². The average molecular weight is 513 g/mol. The highest BCUT2D eigenvalue weighted by atomic mass is 32.1. The van der Waals surface area contributed by atoms with Crippen molar-refractivity contribution in [3.8, 4) is 0 Å². The van der Waals surface area contributed by atoms with Crippen molar-refractivity contribution in [3.63, 3.8) is 0 Å². The third-order valence-corrected chi connectivity index (χ3v) is 7.56. The average Bonchev–Trinajstić information content (AvgIpc) is 3.37. The number of thiophene rings is 1. The number of hydrogen-bond donors (Lipinski definition) is 1. The molecule has 2 aromatic rings. The first-order valence-corrected chi connectivity index (χ1v) is 13.4. The minimum atomic E-state index is -1.32. The van der Waals surface area contributed by atoms with E-state index in [1.54, 1.807) is 17.0 Å². The molecule has 0 spiro atoms. The lowest BCUT2D eigenvalue weighted by Gasteiger charge is -2.41. The molecule has 1 aromatic heterocycles. The first kappa shape index (κ1) is 27.9. The highest BCUT2D eigenvalue weighted by Gasteiger charge is 2.61. The van der Waals surface area contributed by atoms with Crippen molar-refractivity contribution < 1.29 is 19.1 Å². The van der Waals surface area contributed by atoms with Gasteiger partial charge >= 0.3 is 5.97 Å². The topological polar surface area (TPSA) is 89.7 Å². The summed E-state index contributed by atoms with van der Waals surface area (Å²) in [6.07, 6.45) is 0.489. The van der Waals surface area contributed by atoms with E-state index in [0.717, 1.165) is 10.4 Å². The second-order valence-corrected chi connectivity index (χ2v) is 13.3. The zero-order valence-electron chi connectivity index (χ0n) is 22.8. The molecule has 3 unspecified atom stereocenters. The number of ether oxygens (including phenoxy) is 1. The molecular weight excluding hydrogens is 472 g/mol. The van der Waals surface area contributed by atoms with Crippen LogP contribution < -0.4 is 5.73 Å². The fourth-order valence-corrected chi connectivity index (χ4v) is 6.01. The molecule has 7 heteroatoms. The van der Waals surface area contributed by atoms with Gasteiger partial charge in [-0.05, 0) is 74.1 Å². The monoisotopic (exact) mass is 512 g/mol. The number of hydrogen-bond acceptors (Lipinski definition) is 5. The number of benzene rings is 1. The van der Waals surface area contributed by atoms with E-state index in [-0.39, 0.29) is 23.7 Å². The zero-order chi connectivity index (χ0) is 27.1. The van der Waals surface area contributed by atoms with Crippen molar-refractivity contribution in [2.24, 2.45) is 17.6 Å². The molecule has 0 radical (unpaired) electrons. The highest BCUT2D eigenvalue weighted by Crippen LogP contribution is 2.52. The Bertz CT molecular complexity index is 1090. The van der Waals surface area contributed by atoms with E-state index in [1.807, 2.05) is 64.3 Å². The second kappa shape index (κ2) is 10.0. The molecule has 0 bridgehead atoms. The van der Waals surface area contributed by atoms with Gasteiger partial charge in [-0.15, -0.1) is 11.3 Å². The number of carbonyl (C=O) groups is 3. The Morgan fingerprint density at radius 3 is 2.14 bits per heavy atom. The van der Waals surface area contributed by atoms with Gasteiger partial charge in [-0.3, -0.25) is 9.59 Å². The first-order chi connectivity index (χ1) is 16.6. The lowest BCUT2D eigenvalue weighted by molar-refractivity contribution is -0.168. The van der Waals surface area contributed by atoms with Gasteiger partial charge in [-0.1, -0.05) is 52.8 Å². The van der Waals surface area contributed by atoms with Crippen molar-refractivity contribution in [1.82, 2.24) is 4.90 Å². The van der Waals surface area contributed by atoms with Crippen LogP contribution >= 0.6 is 11.3 Å². The largest absolute Gasteiger partial charge is 0.458 e. The van der Waals surface area contributed by atoms with Crippen molar-refractivity contribution in [2.45, 2.75) is 90.8 Å². The molecule has 1 saturated heterocycles. The molecule has 1 aromatic carbocycles. The summed E-state index contributed by atoms with van der Waals surface area (Å²) in [6.45, 7) is 15.8. The van der Waals surface area contributed by atoms with Crippen molar-refractivity contribution in [3.05, 3.63) is 57.8 Å². The minimum absolute atomic E-state index is 0.0618. The quantitative estimate of drug-likeness (QED) is 0.491. The predicted molar refractivity (Wildman–Crippen MR) is 144 cm³/mol. The van der Waals surface area contributed by atoms with Crippen LogP contribution in [0.2, 0.25) is 0 Å². The van der Waals surface area contributed by atoms with Crippen LogP contribution in [0.3, 0.4) is 0 Å². The molecule has 0 aliphatic carbocycles. The maximum atomic E-state index is 14.3. The second-order valence-electron chi connectivity index (χ2n) is 12.3. The summed E-state index contributed by atoms with van der Waals surface area (Å²) >= 11 is 1.45. The van der Waals surface area contributed by atoms with E-state index in [1.165, 1.54) is 11.3 Å². The summed E-state index contributed by atoms with van der Waals surface area (Å²) in [7, 11) is 0. The van der Waals surface area contributed by atoms with Gasteiger partial charge in [-0.25, -0.2) is 4.79 Å². The van der Waals surface area contributed by atoms with E-state index >= 15 is 0 Å². The molecule has 2 amide bonds. The predicted octanol–water partition coefficient (Wildman–Crippen LogP) is 5.86. The third kappa shape index (κ3) is 5.66. The Balaban J connectivity index is 2.23. The smallest absolute Gasteiger partial charge is 0.332 e. The summed E-state index contributed by atoms with van der Waals surface area (Å²) < 4.78 is 5.92. The van der Waals surface area contributed by atoms with Crippen LogP contribution in [0.25, 0.3) is 0 Å². The van der Waals surface area contributed by atoms with Crippen LogP contribution in [0, 0.1) is 11.8 Å². The Labute approximate surface area is 219 Å². The molecule has 2 N–H and O–H groups in total. The van der Waals surface area contributed by atoms with Gasteiger partial charge in [0.2, 0.25) is 5.91 Å². The molecule has 36 heavy (non-hydrogen) atoms. The van der Waals surface area contributed by atoms with Crippen molar-refractivity contribution in [1.29, 1.82) is 0 Å². The molecule has 2 heterocycles. The number of amides is 2. The van der Waals surface area contributed by atoms with Crippen LogP contribution in [-0.4, -0.2) is 33.8 Å². The van der Waals surface area contributed by atoms with Crippen LogP contribution in [0.5, 0.6) is 0 Å². The van der Waals surface area contributed by atoms with Crippen LogP contribution in [-0.2, 0) is 19.7 Å². The van der Waals surface area contributed by atoms with E-state index in [0.29, 0.717) is 12.0 Å². The van der Waals surface area contributed by atoms with Crippen LogP contribution in [0.4, 0.5) is 0 Å². The van der Waals surface area contributed by atoms with E-state index in [2.05, 4.69) is 20.8 Å². The summed E-state index contributed by atoms with van der Waals surface area (Å²) in [4.78, 5) is 43.5. The van der Waals surface area contributed by atoms with Gasteiger partial charge in [0.15, 0.2) is 0 Å². The number of primary amides is 1. The number of carbonyl (C=O) groups excluding carboxylic acids is 3. The number of likely N-dealkylation sites (tertiary alicyclic amines) is 1. The number of nitrogens with two attached hydrogens (primary N) is 1. The lowest BCUT2D eigenvalue weighted by Crippen LogP contribution is -2.56. The molecule has 3 atom stereocenters. The fourth-order valence-electron chi connectivity index (χ4n) is 5.13. The van der Waals surface area contributed by atoms with Gasteiger partial charge in [0.25, 0.3) is 5.91 Å². The maximum Gasteiger partial charge on any atom is 0.332 e. The summed E-state index contributed by atoms with van der Waals surface area (Å²) in [5.41, 5.74) is 5.34. The molecule has 1 fully saturated rings. The number of nitrogens with zero attached hydrogens (tertiary/aromatic N) is 1. The molecule has 0 saturated carbocycles. The number of rotatable bonds is 6. The molecule has 1 aliphatic heterocycles. The third-order valence-electron chi connectivity index (χ3n) is 6.62. The fraction of sp³-hybridized carbons (Fsp3) is 0.552. The lowest BCUT2D eigenvalue weighted by atomic mass is 9.83. The minimum Gasteiger partial charge on any atom is -0.458 e. The molecule has 3 rings (SSSR count). The Hall–Kier alpha value is -2.67. The Kier molecular flexibility index (Phi) is 7.75. The maximum absolute atomic E-state index is 14.3. The normalized spacial score (nSPS) is 22.6. The van der Waals surface area contributed by atoms with Crippen molar-refractivity contribution >= 4 is 29.1 Å². The van der Waals surface area contributed by atoms with E-state index in [4.69, 9.17) is 10.5 Å². The molecule has 1 aliphatic rings. The van der Waals surface area contributed by atoms with Gasteiger partial charge in [0, 0.05) is 10.4 Å². The summed E-state index contributed by atoms with van der Waals surface area (Å²) in [5, 5.41) is 1.91. The first-order valence-electron chi connectivity index (χ1n) is 12.6. The summed E-state index contributed by atoms with van der Waals surface area (Å²) in [6, 6.07) is 10.6. The standard InChI is InChI=1S/C29H40N2O4S/c1-18(2)16-29(26(34)35-28(6,7)8)17-21(24(30)32)23(22-10-9-15-36-22)31(29)25(33)19-11-13-20(14-12-19)27(3,4)5/h9-15,18,21,23H,16-17H2,1-8H3,(H2,30,32). The highest BCUT2D eigenvalue weighted by molar-refractivity contribution is 7.10. The molecule has 6 nitrogen and oxygen atoms in total. The number of esters is 1. The Morgan fingerprint density at radius 2 is 1.69 bits per heavy atom. The van der Waals surface area contributed by atoms with Crippen LogP contribution in [0.15, 0.2) is 41.8 Å². The summed E-state index contributed by atoms with van der Waals surface area (Å²) in [5.74, 6) is -1.97. The van der Waals surface area contributed by atoms with Crippen molar-refractivity contribution in [2.75, 3.05) is 0 Å². The van der Waals surface area contributed by atoms with Gasteiger partial charge in [0.05, 0.1) is 12.0 Å². The molecule has 196 valence electrons. The van der Waals surface area contributed by atoms with Gasteiger partial charge in [-0.2, -0.15) is 0 Å². The van der Waals surface area contributed by atoms with Crippen LogP contribution in [0.1, 0.15) is 95.1 Å². The molecular formula is C29H40N2O4S. The SMILES string of the molecule is CC(C)CC1(C(=O)OC(C)(C)C)CC(C(N)=O)C(c2cccs2)N1C(=O)c1ccc(C(C)(C)C)cc1.